The van der Waals surface area contributed by atoms with Crippen LogP contribution in [0.5, 0.6) is 0 Å². The van der Waals surface area contributed by atoms with Gasteiger partial charge in [0.1, 0.15) is 0 Å². The third-order valence-electron chi connectivity index (χ3n) is 1.000. The zero-order valence-electron chi connectivity index (χ0n) is 7.98. The molecule has 1 saturated carbocycles. The highest BCUT2D eigenvalue weighted by molar-refractivity contribution is 4.50. The van der Waals surface area contributed by atoms with E-state index in [-0.39, 0.29) is 0 Å². The summed E-state index contributed by atoms with van der Waals surface area (Å²) in [4.78, 5) is 0. The quantitative estimate of drug-likeness (QED) is 0.450. The maximum Gasteiger partial charge on any atom is -0.0533 e. The lowest BCUT2D eigenvalue weighted by molar-refractivity contribution is 0.504. The summed E-state index contributed by atoms with van der Waals surface area (Å²) in [6.07, 6.45) is 14.0. The van der Waals surface area contributed by atoms with Crippen molar-refractivity contribution >= 4 is 0 Å². The van der Waals surface area contributed by atoms with E-state index in [0.717, 1.165) is 0 Å². The molecule has 0 radical (unpaired) electrons. The van der Waals surface area contributed by atoms with Gasteiger partial charge < -0.3 is 0 Å². The average Bonchev–Trinajstić information content (AvgIpc) is 1.96. The van der Waals surface area contributed by atoms with Gasteiger partial charge in [-0.05, 0) is 0 Å². The molecule has 0 N–H and O–H groups in total. The Bertz CT molecular complexity index is 26.5. The van der Waals surface area contributed by atoms with Crippen LogP contribution >= 0.6 is 0 Å². The van der Waals surface area contributed by atoms with Crippen LogP contribution in [0.3, 0.4) is 0 Å². The summed E-state index contributed by atoms with van der Waals surface area (Å²) < 4.78 is 0. The van der Waals surface area contributed by atoms with Gasteiger partial charge in [0.15, 0.2) is 0 Å². The van der Waals surface area contributed by atoms with E-state index in [9.17, 15) is 0 Å². The van der Waals surface area contributed by atoms with Gasteiger partial charge in [0.2, 0.25) is 0 Å². The largest absolute Gasteiger partial charge is 0.124 e. The van der Waals surface area contributed by atoms with Gasteiger partial charge in [-0.3, -0.25) is 0 Å². The molecule has 0 atom stereocenters. The van der Waals surface area contributed by atoms with Crippen molar-refractivity contribution in [2.24, 2.45) is 0 Å². The lowest BCUT2D eigenvalue weighted by Crippen LogP contribution is -1.85. The number of hydrogen-bond donors (Lipinski definition) is 0. The third-order valence-corrected chi connectivity index (χ3v) is 1.000. The van der Waals surface area contributed by atoms with Crippen LogP contribution in [0.4, 0.5) is 0 Å². The van der Waals surface area contributed by atoms with Crippen molar-refractivity contribution in [1.82, 2.24) is 0 Å². The molecule has 0 bridgehead atoms. The predicted molar refractivity (Wildman–Crippen MR) is 51.1 cm³/mol. The van der Waals surface area contributed by atoms with Crippen LogP contribution in [-0.2, 0) is 0 Å². The minimum atomic E-state index is 1.50. The Morgan fingerprint density at radius 3 is 0.700 bits per heavy atom. The van der Waals surface area contributed by atoms with Crippen molar-refractivity contribution < 1.29 is 0 Å². The minimum Gasteiger partial charge on any atom is -0.124 e. The summed E-state index contributed by atoms with van der Waals surface area (Å²) in [5.41, 5.74) is 0. The average molecular weight is 142 g/mol. The van der Waals surface area contributed by atoms with Gasteiger partial charge in [0.05, 0.1) is 0 Å². The van der Waals surface area contributed by atoms with E-state index in [0.29, 0.717) is 0 Å². The van der Waals surface area contributed by atoms with Crippen molar-refractivity contribution in [3.63, 3.8) is 0 Å². The highest BCUT2D eigenvalue weighted by Gasteiger charge is 1.95. The molecule has 0 aromatic heterocycles. The van der Waals surface area contributed by atoms with Crippen molar-refractivity contribution in [2.75, 3.05) is 0 Å². The van der Waals surface area contributed by atoms with Gasteiger partial charge in [0, 0.05) is 0 Å². The van der Waals surface area contributed by atoms with Crippen LogP contribution in [0.15, 0.2) is 0 Å². The molecule has 0 aromatic carbocycles. The molecule has 1 fully saturated rings. The van der Waals surface area contributed by atoms with Crippen LogP contribution in [-0.4, -0.2) is 0 Å². The minimum absolute atomic E-state index is 1.50. The van der Waals surface area contributed by atoms with Gasteiger partial charge in [-0.15, -0.1) is 12.8 Å². The number of terminal acetylenes is 1. The Morgan fingerprint density at radius 1 is 0.600 bits per heavy atom. The van der Waals surface area contributed by atoms with Crippen molar-refractivity contribution in [3.8, 4) is 12.8 Å². The Hall–Kier alpha value is -0.440. The monoisotopic (exact) mass is 142 g/mol. The predicted octanol–water partition coefficient (Wildman–Crippen LogP) is 3.86. The Balaban J connectivity index is -0.0000000729. The van der Waals surface area contributed by atoms with Crippen LogP contribution in [0.25, 0.3) is 0 Å². The lowest BCUT2D eigenvalue weighted by atomic mass is 10.0. The molecule has 0 amide bonds. The van der Waals surface area contributed by atoms with Crippen LogP contribution < -0.4 is 0 Å². The molecule has 0 saturated heterocycles. The summed E-state index contributed by atoms with van der Waals surface area (Å²) in [7, 11) is 0. The maximum absolute atomic E-state index is 4.00. The van der Waals surface area contributed by atoms with Crippen LogP contribution in [0.1, 0.15) is 53.4 Å². The molecule has 1 aliphatic carbocycles. The van der Waals surface area contributed by atoms with E-state index < -0.39 is 0 Å². The first-order valence-electron chi connectivity index (χ1n) is 4.33. The summed E-state index contributed by atoms with van der Waals surface area (Å²) in [6.45, 7) is 8.00. The zero-order chi connectivity index (χ0) is 8.83. The molecule has 1 aliphatic rings. The van der Waals surface area contributed by atoms with Crippen LogP contribution in [0, 0.1) is 12.8 Å². The fourth-order valence-corrected chi connectivity index (χ4v) is 0.250. The normalized spacial score (nSPS) is 11.0. The van der Waals surface area contributed by atoms with E-state index in [2.05, 4.69) is 12.8 Å². The molecular formula is C10H22. The fourth-order valence-electron chi connectivity index (χ4n) is 0.250. The first-order valence-corrected chi connectivity index (χ1v) is 4.33. The summed E-state index contributed by atoms with van der Waals surface area (Å²) in [5.74, 6) is 0. The topological polar surface area (TPSA) is 0 Å². The van der Waals surface area contributed by atoms with Gasteiger partial charge in [0.25, 0.3) is 0 Å². The SMILES string of the molecule is C#C.C1CCC1.CC.CC. The van der Waals surface area contributed by atoms with Gasteiger partial charge in [-0.25, -0.2) is 0 Å². The van der Waals surface area contributed by atoms with Crippen molar-refractivity contribution in [2.45, 2.75) is 53.4 Å². The summed E-state index contributed by atoms with van der Waals surface area (Å²) >= 11 is 0. The maximum atomic E-state index is 4.00. The molecule has 0 heteroatoms. The van der Waals surface area contributed by atoms with E-state index >= 15 is 0 Å². The van der Waals surface area contributed by atoms with Crippen molar-refractivity contribution in [3.05, 3.63) is 0 Å². The number of hydrogen-bond acceptors (Lipinski definition) is 0. The highest BCUT2D eigenvalue weighted by atomic mass is 14.0. The number of rotatable bonds is 0. The van der Waals surface area contributed by atoms with Crippen molar-refractivity contribution in [1.29, 1.82) is 0 Å². The first-order chi connectivity index (χ1) is 5.00. The molecule has 0 unspecified atom stereocenters. The molecule has 1 rings (SSSR count). The summed E-state index contributed by atoms with van der Waals surface area (Å²) in [5, 5.41) is 0. The van der Waals surface area contributed by atoms with E-state index in [1.54, 1.807) is 0 Å². The molecule has 0 spiro atoms. The third kappa shape index (κ3) is 25.7. The lowest BCUT2D eigenvalue weighted by Gasteiger charge is -2.05. The molecule has 0 aliphatic heterocycles. The molecule has 0 heterocycles. The second-order valence-electron chi connectivity index (χ2n) is 1.41. The van der Waals surface area contributed by atoms with Gasteiger partial charge in [-0.1, -0.05) is 53.4 Å². The second kappa shape index (κ2) is 38.6. The first kappa shape index (κ1) is 16.3. The second-order valence-corrected chi connectivity index (χ2v) is 1.41. The zero-order valence-corrected chi connectivity index (χ0v) is 7.98. The smallest absolute Gasteiger partial charge is 0.0533 e. The van der Waals surface area contributed by atoms with Crippen LogP contribution in [0.2, 0.25) is 0 Å². The highest BCUT2D eigenvalue weighted by Crippen LogP contribution is 2.15. The Labute approximate surface area is 67.0 Å². The van der Waals surface area contributed by atoms with E-state index in [1.807, 2.05) is 27.7 Å². The molecule has 10 heavy (non-hydrogen) atoms. The standard InChI is InChI=1S/C4H8.2C2H6.C2H2/c1-2-4-3-1;3*1-2/h1-4H2;2*1-2H3;1-2H. The van der Waals surface area contributed by atoms with E-state index in [1.165, 1.54) is 25.7 Å². The van der Waals surface area contributed by atoms with E-state index in [4.69, 9.17) is 0 Å². The summed E-state index contributed by atoms with van der Waals surface area (Å²) in [6, 6.07) is 0. The van der Waals surface area contributed by atoms with Gasteiger partial charge >= 0.3 is 0 Å². The Kier molecular flexibility index (Phi) is 62.8. The molecular weight excluding hydrogens is 120 g/mol. The molecule has 62 valence electrons. The molecule has 0 nitrogen and oxygen atoms in total. The fraction of sp³-hybridized carbons (Fsp3) is 0.800. The molecule has 0 aromatic rings. The Morgan fingerprint density at radius 2 is 0.700 bits per heavy atom. The van der Waals surface area contributed by atoms with Gasteiger partial charge in [-0.2, -0.15) is 0 Å².